The SMILES string of the molecule is CCCc1ccc(NC(C)c2ccc(O)cc2)cc1. The van der Waals surface area contributed by atoms with Gasteiger partial charge in [0.15, 0.2) is 0 Å². The van der Waals surface area contributed by atoms with Gasteiger partial charge in [0, 0.05) is 11.7 Å². The van der Waals surface area contributed by atoms with Crippen LogP contribution in [-0.2, 0) is 6.42 Å². The first-order chi connectivity index (χ1) is 9.19. The summed E-state index contributed by atoms with van der Waals surface area (Å²) < 4.78 is 0. The average Bonchev–Trinajstić information content (AvgIpc) is 2.42. The Kier molecular flexibility index (Phi) is 4.45. The largest absolute Gasteiger partial charge is 0.508 e. The zero-order valence-corrected chi connectivity index (χ0v) is 11.6. The number of phenolic OH excluding ortho intramolecular Hbond substituents is 1. The minimum atomic E-state index is 0.220. The van der Waals surface area contributed by atoms with E-state index in [-0.39, 0.29) is 6.04 Å². The van der Waals surface area contributed by atoms with Crippen LogP contribution in [0.15, 0.2) is 48.5 Å². The second-order valence-corrected chi connectivity index (χ2v) is 4.90. The molecule has 2 nitrogen and oxygen atoms in total. The summed E-state index contributed by atoms with van der Waals surface area (Å²) in [5, 5.41) is 12.8. The molecule has 2 N–H and O–H groups in total. The van der Waals surface area contributed by atoms with Gasteiger partial charge in [-0.15, -0.1) is 0 Å². The third-order valence-corrected chi connectivity index (χ3v) is 3.27. The van der Waals surface area contributed by atoms with E-state index in [1.54, 1.807) is 12.1 Å². The molecule has 0 aliphatic carbocycles. The summed E-state index contributed by atoms with van der Waals surface area (Å²) in [4.78, 5) is 0. The molecular formula is C17H21NO. The number of aromatic hydroxyl groups is 1. The maximum Gasteiger partial charge on any atom is 0.115 e. The van der Waals surface area contributed by atoms with Gasteiger partial charge in [0.05, 0.1) is 0 Å². The van der Waals surface area contributed by atoms with Crippen LogP contribution in [0.1, 0.15) is 37.4 Å². The monoisotopic (exact) mass is 255 g/mol. The number of phenols is 1. The predicted molar refractivity (Wildman–Crippen MR) is 80.6 cm³/mol. The quantitative estimate of drug-likeness (QED) is 0.823. The summed E-state index contributed by atoms with van der Waals surface area (Å²) in [5.74, 6) is 0.305. The normalized spacial score (nSPS) is 12.1. The van der Waals surface area contributed by atoms with E-state index in [4.69, 9.17) is 0 Å². The van der Waals surface area contributed by atoms with Crippen molar-refractivity contribution in [2.24, 2.45) is 0 Å². The smallest absolute Gasteiger partial charge is 0.115 e. The van der Waals surface area contributed by atoms with Gasteiger partial charge in [0.1, 0.15) is 5.75 Å². The summed E-state index contributed by atoms with van der Waals surface area (Å²) in [6.07, 6.45) is 2.31. The van der Waals surface area contributed by atoms with Crippen molar-refractivity contribution in [1.29, 1.82) is 0 Å². The highest BCUT2D eigenvalue weighted by Crippen LogP contribution is 2.21. The molecule has 0 radical (unpaired) electrons. The molecule has 0 amide bonds. The van der Waals surface area contributed by atoms with E-state index in [1.807, 2.05) is 12.1 Å². The molecule has 2 rings (SSSR count). The Balaban J connectivity index is 2.01. The lowest BCUT2D eigenvalue weighted by atomic mass is 10.1. The first-order valence-electron chi connectivity index (χ1n) is 6.83. The molecule has 100 valence electrons. The molecule has 0 spiro atoms. The predicted octanol–water partition coefficient (Wildman–Crippen LogP) is 4.52. The number of hydrogen-bond acceptors (Lipinski definition) is 2. The third kappa shape index (κ3) is 3.75. The third-order valence-electron chi connectivity index (χ3n) is 3.27. The second-order valence-electron chi connectivity index (χ2n) is 4.90. The highest BCUT2D eigenvalue weighted by Gasteiger charge is 2.05. The molecule has 2 aromatic carbocycles. The number of nitrogens with one attached hydrogen (secondary N) is 1. The van der Waals surface area contributed by atoms with Gasteiger partial charge in [0.2, 0.25) is 0 Å². The van der Waals surface area contributed by atoms with E-state index in [1.165, 1.54) is 12.0 Å². The molecule has 0 aromatic heterocycles. The number of benzene rings is 2. The molecule has 2 heteroatoms. The second kappa shape index (κ2) is 6.28. The highest BCUT2D eigenvalue weighted by molar-refractivity contribution is 5.47. The summed E-state index contributed by atoms with van der Waals surface area (Å²) in [5.41, 5.74) is 3.67. The van der Waals surface area contributed by atoms with Crippen molar-refractivity contribution < 1.29 is 5.11 Å². The molecule has 0 bridgehead atoms. The summed E-state index contributed by atoms with van der Waals surface area (Å²) >= 11 is 0. The van der Waals surface area contributed by atoms with E-state index in [2.05, 4.69) is 43.4 Å². The lowest BCUT2D eigenvalue weighted by Gasteiger charge is -2.16. The lowest BCUT2D eigenvalue weighted by molar-refractivity contribution is 0.475. The Labute approximate surface area is 115 Å². The highest BCUT2D eigenvalue weighted by atomic mass is 16.3. The number of rotatable bonds is 5. The molecule has 0 aliphatic heterocycles. The molecule has 19 heavy (non-hydrogen) atoms. The Morgan fingerprint density at radius 3 is 2.21 bits per heavy atom. The maximum absolute atomic E-state index is 9.29. The van der Waals surface area contributed by atoms with Crippen molar-refractivity contribution in [3.63, 3.8) is 0 Å². The van der Waals surface area contributed by atoms with Crippen LogP contribution in [0.4, 0.5) is 5.69 Å². The molecule has 1 atom stereocenters. The molecular weight excluding hydrogens is 234 g/mol. The summed E-state index contributed by atoms with van der Waals surface area (Å²) in [6.45, 7) is 4.31. The van der Waals surface area contributed by atoms with Crippen LogP contribution in [0.5, 0.6) is 5.75 Å². The fourth-order valence-electron chi connectivity index (χ4n) is 2.15. The summed E-state index contributed by atoms with van der Waals surface area (Å²) in [7, 11) is 0. The van der Waals surface area contributed by atoms with Crippen LogP contribution in [-0.4, -0.2) is 5.11 Å². The van der Waals surface area contributed by atoms with Crippen LogP contribution in [0, 0.1) is 0 Å². The van der Waals surface area contributed by atoms with Crippen LogP contribution >= 0.6 is 0 Å². The van der Waals surface area contributed by atoms with Crippen LogP contribution in [0.2, 0.25) is 0 Å². The van der Waals surface area contributed by atoms with E-state index < -0.39 is 0 Å². The standard InChI is InChI=1S/C17H21NO/c1-3-4-14-5-9-16(10-6-14)18-13(2)15-7-11-17(19)12-8-15/h5-13,18-19H,3-4H2,1-2H3. The van der Waals surface area contributed by atoms with Crippen LogP contribution in [0.3, 0.4) is 0 Å². The Morgan fingerprint density at radius 2 is 1.63 bits per heavy atom. The van der Waals surface area contributed by atoms with Crippen LogP contribution in [0.25, 0.3) is 0 Å². The topological polar surface area (TPSA) is 32.3 Å². The first kappa shape index (κ1) is 13.5. The van der Waals surface area contributed by atoms with E-state index in [9.17, 15) is 5.11 Å². The van der Waals surface area contributed by atoms with Gasteiger partial charge in [-0.25, -0.2) is 0 Å². The Bertz CT molecular complexity index is 502. The number of hydrogen-bond donors (Lipinski definition) is 2. The zero-order chi connectivity index (χ0) is 13.7. The van der Waals surface area contributed by atoms with Crippen molar-refractivity contribution in [2.75, 3.05) is 5.32 Å². The molecule has 0 heterocycles. The van der Waals surface area contributed by atoms with Gasteiger partial charge < -0.3 is 10.4 Å². The first-order valence-corrected chi connectivity index (χ1v) is 6.83. The van der Waals surface area contributed by atoms with Gasteiger partial charge in [-0.1, -0.05) is 37.6 Å². The molecule has 0 saturated heterocycles. The Hall–Kier alpha value is -1.96. The van der Waals surface area contributed by atoms with Gasteiger partial charge in [-0.3, -0.25) is 0 Å². The van der Waals surface area contributed by atoms with Crippen molar-refractivity contribution in [2.45, 2.75) is 32.7 Å². The van der Waals surface area contributed by atoms with E-state index in [0.29, 0.717) is 5.75 Å². The van der Waals surface area contributed by atoms with Crippen molar-refractivity contribution in [3.8, 4) is 5.75 Å². The Morgan fingerprint density at radius 1 is 1.00 bits per heavy atom. The molecule has 0 aliphatic rings. The van der Waals surface area contributed by atoms with Crippen molar-refractivity contribution in [1.82, 2.24) is 0 Å². The number of anilines is 1. The fraction of sp³-hybridized carbons (Fsp3) is 0.294. The van der Waals surface area contributed by atoms with Crippen molar-refractivity contribution in [3.05, 3.63) is 59.7 Å². The minimum absolute atomic E-state index is 0.220. The molecule has 0 saturated carbocycles. The zero-order valence-electron chi connectivity index (χ0n) is 11.6. The molecule has 1 unspecified atom stereocenters. The average molecular weight is 255 g/mol. The number of aryl methyl sites for hydroxylation is 1. The molecule has 2 aromatic rings. The fourth-order valence-corrected chi connectivity index (χ4v) is 2.15. The van der Waals surface area contributed by atoms with Gasteiger partial charge in [0.25, 0.3) is 0 Å². The van der Waals surface area contributed by atoms with Crippen LogP contribution < -0.4 is 5.32 Å². The van der Waals surface area contributed by atoms with Crippen molar-refractivity contribution >= 4 is 5.69 Å². The van der Waals surface area contributed by atoms with E-state index >= 15 is 0 Å². The van der Waals surface area contributed by atoms with E-state index in [0.717, 1.165) is 17.7 Å². The lowest BCUT2D eigenvalue weighted by Crippen LogP contribution is -2.06. The molecule has 0 fully saturated rings. The van der Waals surface area contributed by atoms with Gasteiger partial charge >= 0.3 is 0 Å². The van der Waals surface area contributed by atoms with Gasteiger partial charge in [-0.2, -0.15) is 0 Å². The minimum Gasteiger partial charge on any atom is -0.508 e. The summed E-state index contributed by atoms with van der Waals surface area (Å²) in [6, 6.07) is 16.2. The maximum atomic E-state index is 9.29. The van der Waals surface area contributed by atoms with Gasteiger partial charge in [-0.05, 0) is 48.7 Å².